The van der Waals surface area contributed by atoms with Gasteiger partial charge in [-0.1, -0.05) is 18.3 Å². The largest absolute Gasteiger partial charge is 0.388 e. The Balaban J connectivity index is 2.76. The fourth-order valence-electron chi connectivity index (χ4n) is 1.29. The standard InChI is InChI=1S/C10H6F2N2S/c11-6-3-5-1-2-8(10(13)15)14-9(5)7(12)4-6/h1-4H,(H2,13,15). The van der Waals surface area contributed by atoms with Crippen molar-refractivity contribution in [2.45, 2.75) is 0 Å². The lowest BCUT2D eigenvalue weighted by molar-refractivity contribution is 0.590. The smallest absolute Gasteiger partial charge is 0.152 e. The number of hydrogen-bond acceptors (Lipinski definition) is 2. The summed E-state index contributed by atoms with van der Waals surface area (Å²) in [5.74, 6) is -1.35. The van der Waals surface area contributed by atoms with Crippen LogP contribution >= 0.6 is 12.2 Å². The van der Waals surface area contributed by atoms with E-state index in [0.717, 1.165) is 6.07 Å². The van der Waals surface area contributed by atoms with Crippen molar-refractivity contribution in [1.82, 2.24) is 4.98 Å². The molecule has 15 heavy (non-hydrogen) atoms. The Morgan fingerprint density at radius 2 is 2.00 bits per heavy atom. The van der Waals surface area contributed by atoms with Gasteiger partial charge in [0, 0.05) is 11.5 Å². The molecule has 2 nitrogen and oxygen atoms in total. The van der Waals surface area contributed by atoms with E-state index in [-0.39, 0.29) is 10.5 Å². The maximum Gasteiger partial charge on any atom is 0.152 e. The Labute approximate surface area is 89.7 Å². The topological polar surface area (TPSA) is 38.9 Å². The summed E-state index contributed by atoms with van der Waals surface area (Å²) < 4.78 is 26.1. The predicted octanol–water partition coefficient (Wildman–Crippen LogP) is 2.15. The second-order valence-electron chi connectivity index (χ2n) is 3.02. The van der Waals surface area contributed by atoms with Gasteiger partial charge < -0.3 is 5.73 Å². The Morgan fingerprint density at radius 1 is 1.27 bits per heavy atom. The Kier molecular flexibility index (Phi) is 2.32. The fraction of sp³-hybridized carbons (Fsp3) is 0. The molecule has 0 aliphatic carbocycles. The summed E-state index contributed by atoms with van der Waals surface area (Å²) in [5, 5.41) is 0.382. The Hall–Kier alpha value is -1.62. The van der Waals surface area contributed by atoms with E-state index < -0.39 is 11.6 Å². The van der Waals surface area contributed by atoms with E-state index >= 15 is 0 Å². The molecule has 76 valence electrons. The predicted molar refractivity (Wildman–Crippen MR) is 57.5 cm³/mol. The van der Waals surface area contributed by atoms with Gasteiger partial charge in [0.25, 0.3) is 0 Å². The van der Waals surface area contributed by atoms with Crippen molar-refractivity contribution < 1.29 is 8.78 Å². The number of halogens is 2. The number of aromatic nitrogens is 1. The van der Waals surface area contributed by atoms with Crippen molar-refractivity contribution >= 4 is 28.1 Å². The molecular weight excluding hydrogens is 218 g/mol. The van der Waals surface area contributed by atoms with Crippen LogP contribution in [-0.2, 0) is 0 Å². The van der Waals surface area contributed by atoms with Crippen LogP contribution in [0.25, 0.3) is 10.9 Å². The number of pyridine rings is 1. The van der Waals surface area contributed by atoms with Gasteiger partial charge in [-0.15, -0.1) is 0 Å². The first-order valence-corrected chi connectivity index (χ1v) is 4.54. The summed E-state index contributed by atoms with van der Waals surface area (Å²) in [6, 6.07) is 5.04. The van der Waals surface area contributed by atoms with Crippen LogP contribution in [0.3, 0.4) is 0 Å². The van der Waals surface area contributed by atoms with Crippen molar-refractivity contribution in [1.29, 1.82) is 0 Å². The molecule has 1 aromatic carbocycles. The lowest BCUT2D eigenvalue weighted by atomic mass is 10.2. The summed E-state index contributed by atoms with van der Waals surface area (Å²) in [7, 11) is 0. The molecule has 0 bridgehead atoms. The number of thiocarbonyl (C=S) groups is 1. The molecule has 5 heteroatoms. The number of rotatable bonds is 1. The number of fused-ring (bicyclic) bond motifs is 1. The molecule has 2 N–H and O–H groups in total. The van der Waals surface area contributed by atoms with Gasteiger partial charge in [0.15, 0.2) is 5.82 Å². The van der Waals surface area contributed by atoms with Crippen molar-refractivity contribution in [2.24, 2.45) is 5.73 Å². The zero-order valence-electron chi connectivity index (χ0n) is 7.50. The van der Waals surface area contributed by atoms with Gasteiger partial charge in [-0.05, 0) is 12.1 Å². The number of nitrogens with two attached hydrogens (primary N) is 1. The van der Waals surface area contributed by atoms with E-state index in [4.69, 9.17) is 18.0 Å². The maximum absolute atomic E-state index is 13.3. The average Bonchev–Trinajstić information content (AvgIpc) is 2.16. The second-order valence-corrected chi connectivity index (χ2v) is 3.46. The van der Waals surface area contributed by atoms with Gasteiger partial charge in [-0.25, -0.2) is 13.8 Å². The van der Waals surface area contributed by atoms with E-state index in [2.05, 4.69) is 4.98 Å². The van der Waals surface area contributed by atoms with Gasteiger partial charge in [0.2, 0.25) is 0 Å². The third-order valence-corrected chi connectivity index (χ3v) is 2.17. The van der Waals surface area contributed by atoms with Gasteiger partial charge >= 0.3 is 0 Å². The quantitative estimate of drug-likeness (QED) is 0.754. The summed E-state index contributed by atoms with van der Waals surface area (Å²) >= 11 is 4.71. The van der Waals surface area contributed by atoms with Crippen LogP contribution in [0.5, 0.6) is 0 Å². The molecule has 1 heterocycles. The van der Waals surface area contributed by atoms with Crippen LogP contribution in [0.15, 0.2) is 24.3 Å². The van der Waals surface area contributed by atoms with Crippen LogP contribution in [0.1, 0.15) is 5.69 Å². The molecular formula is C10H6F2N2S. The highest BCUT2D eigenvalue weighted by atomic mass is 32.1. The zero-order valence-corrected chi connectivity index (χ0v) is 8.31. The van der Waals surface area contributed by atoms with E-state index in [1.165, 1.54) is 18.2 Å². The van der Waals surface area contributed by atoms with Gasteiger partial charge in [-0.2, -0.15) is 0 Å². The van der Waals surface area contributed by atoms with E-state index in [1.807, 2.05) is 0 Å². The molecule has 0 amide bonds. The van der Waals surface area contributed by atoms with Gasteiger partial charge in [0.1, 0.15) is 16.3 Å². The third kappa shape index (κ3) is 1.78. The lowest BCUT2D eigenvalue weighted by Gasteiger charge is -2.02. The van der Waals surface area contributed by atoms with Crippen molar-refractivity contribution in [3.05, 3.63) is 41.6 Å². The molecule has 0 unspecified atom stereocenters. The lowest BCUT2D eigenvalue weighted by Crippen LogP contribution is -2.11. The number of benzene rings is 1. The molecule has 0 atom stereocenters. The molecule has 2 rings (SSSR count). The monoisotopic (exact) mass is 224 g/mol. The summed E-state index contributed by atoms with van der Waals surface area (Å²) in [6.07, 6.45) is 0. The van der Waals surface area contributed by atoms with Crippen LogP contribution < -0.4 is 5.73 Å². The SMILES string of the molecule is NC(=S)c1ccc2cc(F)cc(F)c2n1. The van der Waals surface area contributed by atoms with Crippen LogP contribution in [0.4, 0.5) is 8.78 Å². The van der Waals surface area contributed by atoms with E-state index in [0.29, 0.717) is 11.1 Å². The molecule has 0 saturated heterocycles. The maximum atomic E-state index is 13.3. The molecule has 0 spiro atoms. The Morgan fingerprint density at radius 3 is 2.67 bits per heavy atom. The summed E-state index contributed by atoms with van der Waals surface area (Å²) in [5.41, 5.74) is 5.75. The van der Waals surface area contributed by atoms with E-state index in [9.17, 15) is 8.78 Å². The zero-order chi connectivity index (χ0) is 11.0. The number of nitrogens with zero attached hydrogens (tertiary/aromatic N) is 1. The number of hydrogen-bond donors (Lipinski definition) is 1. The van der Waals surface area contributed by atoms with Crippen molar-refractivity contribution in [2.75, 3.05) is 0 Å². The van der Waals surface area contributed by atoms with Crippen molar-refractivity contribution in [3.63, 3.8) is 0 Å². The molecule has 0 fully saturated rings. The minimum atomic E-state index is -0.719. The molecule has 1 aromatic heterocycles. The molecule has 0 aliphatic heterocycles. The fourth-order valence-corrected chi connectivity index (χ4v) is 1.41. The highest BCUT2D eigenvalue weighted by molar-refractivity contribution is 7.80. The first kappa shape index (κ1) is 9.92. The van der Waals surface area contributed by atoms with Crippen LogP contribution in [0, 0.1) is 11.6 Å². The van der Waals surface area contributed by atoms with Gasteiger partial charge in [0.05, 0.1) is 5.69 Å². The first-order valence-electron chi connectivity index (χ1n) is 4.13. The van der Waals surface area contributed by atoms with Crippen LogP contribution in [-0.4, -0.2) is 9.97 Å². The van der Waals surface area contributed by atoms with Crippen LogP contribution in [0.2, 0.25) is 0 Å². The Bertz CT molecular complexity index is 554. The summed E-state index contributed by atoms with van der Waals surface area (Å²) in [6.45, 7) is 0. The highest BCUT2D eigenvalue weighted by Crippen LogP contribution is 2.18. The van der Waals surface area contributed by atoms with Gasteiger partial charge in [-0.3, -0.25) is 0 Å². The second kappa shape index (κ2) is 3.51. The van der Waals surface area contributed by atoms with Crippen molar-refractivity contribution in [3.8, 4) is 0 Å². The molecule has 0 aliphatic rings. The third-order valence-electron chi connectivity index (χ3n) is 1.96. The normalized spacial score (nSPS) is 10.5. The summed E-state index contributed by atoms with van der Waals surface area (Å²) in [4.78, 5) is 3.99. The average molecular weight is 224 g/mol. The first-order chi connectivity index (χ1) is 7.08. The minimum Gasteiger partial charge on any atom is -0.388 e. The highest BCUT2D eigenvalue weighted by Gasteiger charge is 2.07. The van der Waals surface area contributed by atoms with E-state index in [1.54, 1.807) is 0 Å². The molecule has 0 saturated carbocycles. The molecule has 2 aromatic rings. The molecule has 0 radical (unpaired) electrons. The minimum absolute atomic E-state index is 0.0710.